The van der Waals surface area contributed by atoms with Crippen LogP contribution in [0.5, 0.6) is 5.75 Å². The van der Waals surface area contributed by atoms with Crippen LogP contribution in [0.25, 0.3) is 11.0 Å². The smallest absolute Gasteiger partial charge is 0.201 e. The van der Waals surface area contributed by atoms with Crippen molar-refractivity contribution >= 4 is 22.6 Å². The van der Waals surface area contributed by atoms with Crippen LogP contribution in [0, 0.1) is 6.92 Å². The molecule has 0 fully saturated rings. The molecule has 1 N–H and O–H groups in total. The zero-order valence-electron chi connectivity index (χ0n) is 7.39. The molecule has 1 aromatic carbocycles. The van der Waals surface area contributed by atoms with E-state index in [0.717, 1.165) is 22.3 Å². The van der Waals surface area contributed by atoms with Crippen molar-refractivity contribution in [3.8, 4) is 5.75 Å². The van der Waals surface area contributed by atoms with E-state index in [-0.39, 0.29) is 0 Å². The van der Waals surface area contributed by atoms with Gasteiger partial charge in [-0.05, 0) is 30.7 Å². The number of hydrogen-bond donors (Lipinski definition) is 1. The summed E-state index contributed by atoms with van der Waals surface area (Å²) in [5, 5.41) is 0.409. The molecule has 0 amide bonds. The van der Waals surface area contributed by atoms with Gasteiger partial charge in [-0.3, -0.25) is 0 Å². The van der Waals surface area contributed by atoms with Crippen LogP contribution in [0.3, 0.4) is 0 Å². The molecule has 0 aliphatic carbocycles. The summed E-state index contributed by atoms with van der Waals surface area (Å²) in [6, 6.07) is 3.80. The average molecular weight is 197 g/mol. The van der Waals surface area contributed by atoms with Crippen molar-refractivity contribution in [1.82, 2.24) is 9.97 Å². The summed E-state index contributed by atoms with van der Waals surface area (Å²) in [6.45, 7) is 1.96. The number of H-pyrrole nitrogens is 1. The summed E-state index contributed by atoms with van der Waals surface area (Å²) in [4.78, 5) is 7.10. The maximum absolute atomic E-state index is 5.74. The molecule has 68 valence electrons. The fraction of sp³-hybridized carbons (Fsp3) is 0.222. The first-order valence-corrected chi connectivity index (χ1v) is 4.29. The molecule has 0 atom stereocenters. The molecular formula is C9H9ClN2O. The van der Waals surface area contributed by atoms with E-state index in [1.54, 1.807) is 7.11 Å². The lowest BCUT2D eigenvalue weighted by molar-refractivity contribution is 0.412. The number of ether oxygens (including phenoxy) is 1. The minimum atomic E-state index is 0.409. The predicted octanol–water partition coefficient (Wildman–Crippen LogP) is 2.53. The van der Waals surface area contributed by atoms with Gasteiger partial charge in [-0.15, -0.1) is 0 Å². The zero-order chi connectivity index (χ0) is 9.42. The van der Waals surface area contributed by atoms with Crippen LogP contribution in [0.1, 0.15) is 5.56 Å². The largest absolute Gasteiger partial charge is 0.496 e. The maximum Gasteiger partial charge on any atom is 0.201 e. The highest BCUT2D eigenvalue weighted by Gasteiger charge is 2.07. The predicted molar refractivity (Wildman–Crippen MR) is 52.4 cm³/mol. The Hall–Kier alpha value is -1.22. The van der Waals surface area contributed by atoms with E-state index in [0.29, 0.717) is 5.28 Å². The van der Waals surface area contributed by atoms with Gasteiger partial charge in [0.15, 0.2) is 0 Å². The molecule has 0 saturated carbocycles. The van der Waals surface area contributed by atoms with E-state index >= 15 is 0 Å². The molecule has 4 heteroatoms. The van der Waals surface area contributed by atoms with Crippen molar-refractivity contribution in [3.63, 3.8) is 0 Å². The fourth-order valence-electron chi connectivity index (χ4n) is 1.38. The summed E-state index contributed by atoms with van der Waals surface area (Å²) in [6.07, 6.45) is 0. The zero-order valence-corrected chi connectivity index (χ0v) is 8.14. The Labute approximate surface area is 80.7 Å². The number of aromatic nitrogens is 2. The Morgan fingerprint density at radius 1 is 1.46 bits per heavy atom. The normalized spacial score (nSPS) is 10.7. The second-order valence-electron chi connectivity index (χ2n) is 2.82. The van der Waals surface area contributed by atoms with Crippen LogP contribution >= 0.6 is 11.6 Å². The van der Waals surface area contributed by atoms with E-state index in [9.17, 15) is 0 Å². The van der Waals surface area contributed by atoms with Gasteiger partial charge in [0.25, 0.3) is 0 Å². The maximum atomic E-state index is 5.74. The number of methoxy groups -OCH3 is 1. The molecule has 13 heavy (non-hydrogen) atoms. The van der Waals surface area contributed by atoms with E-state index in [1.165, 1.54) is 0 Å². The molecule has 3 nitrogen and oxygen atoms in total. The molecule has 0 unspecified atom stereocenters. The molecule has 0 saturated heterocycles. The SMILES string of the molecule is COc1ccc2[nH]c(Cl)nc2c1C. The van der Waals surface area contributed by atoms with Gasteiger partial charge in [-0.2, -0.15) is 0 Å². The number of nitrogens with one attached hydrogen (secondary N) is 1. The Morgan fingerprint density at radius 3 is 2.92 bits per heavy atom. The van der Waals surface area contributed by atoms with E-state index < -0.39 is 0 Å². The highest BCUT2D eigenvalue weighted by atomic mass is 35.5. The fourth-order valence-corrected chi connectivity index (χ4v) is 1.57. The molecular weight excluding hydrogens is 188 g/mol. The lowest BCUT2D eigenvalue weighted by Gasteiger charge is -2.03. The van der Waals surface area contributed by atoms with Gasteiger partial charge in [0.1, 0.15) is 5.75 Å². The molecule has 0 radical (unpaired) electrons. The van der Waals surface area contributed by atoms with Crippen molar-refractivity contribution in [2.75, 3.05) is 7.11 Å². The third kappa shape index (κ3) is 1.25. The number of fused-ring (bicyclic) bond motifs is 1. The number of hydrogen-bond acceptors (Lipinski definition) is 2. The summed E-state index contributed by atoms with van der Waals surface area (Å²) in [7, 11) is 1.64. The summed E-state index contributed by atoms with van der Waals surface area (Å²) in [5.74, 6) is 0.829. The lowest BCUT2D eigenvalue weighted by atomic mass is 10.2. The third-order valence-electron chi connectivity index (χ3n) is 2.05. The highest BCUT2D eigenvalue weighted by Crippen LogP contribution is 2.26. The van der Waals surface area contributed by atoms with Crippen LogP contribution in [-0.2, 0) is 0 Å². The standard InChI is InChI=1S/C9H9ClN2O/c1-5-7(13-2)4-3-6-8(5)12-9(10)11-6/h3-4H,1-2H3,(H,11,12). The number of imidazole rings is 1. The van der Waals surface area contributed by atoms with Gasteiger partial charge in [0.05, 0.1) is 18.1 Å². The van der Waals surface area contributed by atoms with Gasteiger partial charge in [-0.1, -0.05) is 0 Å². The molecule has 1 heterocycles. The number of aromatic amines is 1. The van der Waals surface area contributed by atoms with Gasteiger partial charge in [0.2, 0.25) is 5.28 Å². The lowest BCUT2D eigenvalue weighted by Crippen LogP contribution is -1.87. The quantitative estimate of drug-likeness (QED) is 0.761. The number of halogens is 1. The molecule has 0 spiro atoms. The van der Waals surface area contributed by atoms with Gasteiger partial charge in [-0.25, -0.2) is 4.98 Å². The third-order valence-corrected chi connectivity index (χ3v) is 2.23. The van der Waals surface area contributed by atoms with Gasteiger partial charge < -0.3 is 9.72 Å². The Morgan fingerprint density at radius 2 is 2.23 bits per heavy atom. The van der Waals surface area contributed by atoms with Crippen LogP contribution in [0.15, 0.2) is 12.1 Å². The van der Waals surface area contributed by atoms with Crippen LogP contribution in [-0.4, -0.2) is 17.1 Å². The second-order valence-corrected chi connectivity index (χ2v) is 3.17. The minimum absolute atomic E-state index is 0.409. The van der Waals surface area contributed by atoms with Crippen LogP contribution in [0.2, 0.25) is 5.28 Å². The molecule has 1 aromatic heterocycles. The van der Waals surface area contributed by atoms with Crippen molar-refractivity contribution < 1.29 is 4.74 Å². The summed E-state index contributed by atoms with van der Waals surface area (Å²) >= 11 is 5.74. The van der Waals surface area contributed by atoms with E-state index in [2.05, 4.69) is 9.97 Å². The molecule has 0 bridgehead atoms. The number of rotatable bonds is 1. The van der Waals surface area contributed by atoms with Gasteiger partial charge >= 0.3 is 0 Å². The minimum Gasteiger partial charge on any atom is -0.496 e. The first-order valence-electron chi connectivity index (χ1n) is 3.91. The van der Waals surface area contributed by atoms with Crippen molar-refractivity contribution in [2.45, 2.75) is 6.92 Å². The van der Waals surface area contributed by atoms with Crippen LogP contribution < -0.4 is 4.74 Å². The van der Waals surface area contributed by atoms with Gasteiger partial charge in [0, 0.05) is 5.56 Å². The number of aryl methyl sites for hydroxylation is 1. The first kappa shape index (κ1) is 8.38. The molecule has 0 aliphatic heterocycles. The molecule has 2 aromatic rings. The summed E-state index contributed by atoms with van der Waals surface area (Å²) in [5.41, 5.74) is 2.80. The summed E-state index contributed by atoms with van der Waals surface area (Å²) < 4.78 is 5.17. The topological polar surface area (TPSA) is 37.9 Å². The number of benzene rings is 1. The number of nitrogens with zero attached hydrogens (tertiary/aromatic N) is 1. The Balaban J connectivity index is 2.78. The Bertz CT molecular complexity index is 450. The van der Waals surface area contributed by atoms with Crippen molar-refractivity contribution in [1.29, 1.82) is 0 Å². The second kappa shape index (κ2) is 2.92. The monoisotopic (exact) mass is 196 g/mol. The van der Waals surface area contributed by atoms with E-state index in [1.807, 2.05) is 19.1 Å². The van der Waals surface area contributed by atoms with E-state index in [4.69, 9.17) is 16.3 Å². The first-order chi connectivity index (χ1) is 6.22. The van der Waals surface area contributed by atoms with Crippen molar-refractivity contribution in [2.24, 2.45) is 0 Å². The van der Waals surface area contributed by atoms with Crippen LogP contribution in [0.4, 0.5) is 0 Å². The Kier molecular flexibility index (Phi) is 1.88. The van der Waals surface area contributed by atoms with Crippen molar-refractivity contribution in [3.05, 3.63) is 23.0 Å². The highest BCUT2D eigenvalue weighted by molar-refractivity contribution is 6.29. The molecule has 0 aliphatic rings. The molecule has 2 rings (SSSR count). The average Bonchev–Trinajstić information content (AvgIpc) is 2.47.